The lowest BCUT2D eigenvalue weighted by molar-refractivity contribution is 0.0950. The van der Waals surface area contributed by atoms with E-state index in [2.05, 4.69) is 10.6 Å². The molecule has 3 rings (SSSR count). The van der Waals surface area contributed by atoms with E-state index in [-0.39, 0.29) is 17.9 Å². The third kappa shape index (κ3) is 3.48. The lowest BCUT2D eigenvalue weighted by Crippen LogP contribution is -2.25. The lowest BCUT2D eigenvalue weighted by atomic mass is 10.2. The zero-order valence-corrected chi connectivity index (χ0v) is 13.6. The Kier molecular flexibility index (Phi) is 4.18. The van der Waals surface area contributed by atoms with Crippen molar-refractivity contribution in [3.63, 3.8) is 0 Å². The first-order chi connectivity index (χ1) is 10.5. The highest BCUT2D eigenvalue weighted by Gasteiger charge is 2.25. The molecule has 1 aromatic carbocycles. The summed E-state index contributed by atoms with van der Waals surface area (Å²) in [7, 11) is 0. The van der Waals surface area contributed by atoms with Gasteiger partial charge in [-0.15, -0.1) is 11.3 Å². The van der Waals surface area contributed by atoms with Crippen LogP contribution in [-0.2, 0) is 0 Å². The molecule has 1 aliphatic carbocycles. The molecule has 22 heavy (non-hydrogen) atoms. The summed E-state index contributed by atoms with van der Waals surface area (Å²) >= 11 is 7.51. The maximum Gasteiger partial charge on any atom is 0.265 e. The quantitative estimate of drug-likeness (QED) is 0.892. The average Bonchev–Trinajstić information content (AvgIpc) is 3.18. The molecule has 1 aromatic heterocycles. The van der Waals surface area contributed by atoms with Gasteiger partial charge in [-0.3, -0.25) is 9.59 Å². The first-order valence-corrected chi connectivity index (χ1v) is 8.20. The van der Waals surface area contributed by atoms with Gasteiger partial charge in [0, 0.05) is 16.6 Å². The second-order valence-electron chi connectivity index (χ2n) is 5.31. The van der Waals surface area contributed by atoms with Crippen LogP contribution >= 0.6 is 22.9 Å². The van der Waals surface area contributed by atoms with Crippen LogP contribution < -0.4 is 10.6 Å². The predicted molar refractivity (Wildman–Crippen MR) is 88.9 cm³/mol. The Labute approximate surface area is 137 Å². The number of rotatable bonds is 4. The second-order valence-corrected chi connectivity index (χ2v) is 7.00. The molecular formula is C16H15ClN2O2S. The highest BCUT2D eigenvalue weighted by molar-refractivity contribution is 7.14. The van der Waals surface area contributed by atoms with Gasteiger partial charge in [0.1, 0.15) is 0 Å². The summed E-state index contributed by atoms with van der Waals surface area (Å²) in [5.41, 5.74) is 0.940. The van der Waals surface area contributed by atoms with Crippen LogP contribution in [0.2, 0.25) is 5.02 Å². The third-order valence-corrected chi connectivity index (χ3v) is 4.67. The molecule has 1 heterocycles. The summed E-state index contributed by atoms with van der Waals surface area (Å²) in [5.74, 6) is -0.385. The van der Waals surface area contributed by atoms with Crippen LogP contribution in [0.15, 0.2) is 30.3 Å². The molecule has 2 N–H and O–H groups in total. The molecule has 0 aliphatic heterocycles. The molecule has 0 saturated heterocycles. The van der Waals surface area contributed by atoms with Gasteiger partial charge < -0.3 is 10.6 Å². The molecule has 0 atom stereocenters. The van der Waals surface area contributed by atoms with Crippen molar-refractivity contribution < 1.29 is 9.59 Å². The molecule has 1 aliphatic rings. The van der Waals surface area contributed by atoms with Gasteiger partial charge in [0.15, 0.2) is 0 Å². The Morgan fingerprint density at radius 2 is 1.95 bits per heavy atom. The van der Waals surface area contributed by atoms with Gasteiger partial charge in [0.05, 0.1) is 15.5 Å². The number of aryl methyl sites for hydroxylation is 1. The largest absolute Gasteiger partial charge is 0.349 e. The number of hydrogen-bond acceptors (Lipinski definition) is 3. The summed E-state index contributed by atoms with van der Waals surface area (Å²) in [4.78, 5) is 26.0. The molecule has 2 aromatic rings. The molecule has 0 spiro atoms. The Morgan fingerprint density at radius 3 is 2.59 bits per heavy atom. The summed E-state index contributed by atoms with van der Waals surface area (Å²) in [5, 5.41) is 6.07. The Balaban J connectivity index is 1.76. The zero-order valence-electron chi connectivity index (χ0n) is 12.0. The Hall–Kier alpha value is -1.85. The van der Waals surface area contributed by atoms with E-state index in [4.69, 9.17) is 11.6 Å². The van der Waals surface area contributed by atoms with Crippen molar-refractivity contribution in [2.24, 2.45) is 0 Å². The van der Waals surface area contributed by atoms with Crippen molar-refractivity contribution in [3.05, 3.63) is 50.7 Å². The van der Waals surface area contributed by atoms with E-state index in [0.29, 0.717) is 21.2 Å². The second kappa shape index (κ2) is 6.10. The molecule has 0 unspecified atom stereocenters. The Bertz CT molecular complexity index is 737. The minimum atomic E-state index is -0.199. The number of halogens is 1. The van der Waals surface area contributed by atoms with E-state index in [1.807, 2.05) is 13.0 Å². The van der Waals surface area contributed by atoms with E-state index in [0.717, 1.165) is 17.7 Å². The number of thiophene rings is 1. The SMILES string of the molecule is Cc1ccc(C(=O)Nc2ccc(Cl)c(C(=O)NC3CC3)c2)s1. The summed E-state index contributed by atoms with van der Waals surface area (Å²) in [6, 6.07) is 8.86. The normalized spacial score (nSPS) is 13.7. The van der Waals surface area contributed by atoms with Crippen LogP contribution in [0, 0.1) is 6.92 Å². The molecule has 6 heteroatoms. The van der Waals surface area contributed by atoms with Gasteiger partial charge >= 0.3 is 0 Å². The van der Waals surface area contributed by atoms with E-state index in [9.17, 15) is 9.59 Å². The topological polar surface area (TPSA) is 58.2 Å². The van der Waals surface area contributed by atoms with Gasteiger partial charge in [-0.25, -0.2) is 0 Å². The molecule has 114 valence electrons. The number of benzene rings is 1. The van der Waals surface area contributed by atoms with Crippen LogP contribution in [0.4, 0.5) is 5.69 Å². The van der Waals surface area contributed by atoms with Gasteiger partial charge in [-0.05, 0) is 50.1 Å². The standard InChI is InChI=1S/C16H15ClN2O2S/c1-9-2-7-14(22-9)16(21)19-11-5-6-13(17)12(8-11)15(20)18-10-3-4-10/h2,5-8,10H,3-4H2,1H3,(H,18,20)(H,19,21). The molecule has 1 saturated carbocycles. The molecule has 0 bridgehead atoms. The average molecular weight is 335 g/mol. The monoisotopic (exact) mass is 334 g/mol. The van der Waals surface area contributed by atoms with Crippen LogP contribution in [0.25, 0.3) is 0 Å². The van der Waals surface area contributed by atoms with Crippen LogP contribution in [-0.4, -0.2) is 17.9 Å². The minimum Gasteiger partial charge on any atom is -0.349 e. The number of amides is 2. The van der Waals surface area contributed by atoms with Crippen LogP contribution in [0.5, 0.6) is 0 Å². The number of carbonyl (C=O) groups is 2. The molecular weight excluding hydrogens is 320 g/mol. The van der Waals surface area contributed by atoms with Gasteiger partial charge in [-0.1, -0.05) is 11.6 Å². The van der Waals surface area contributed by atoms with E-state index >= 15 is 0 Å². The first-order valence-electron chi connectivity index (χ1n) is 7.01. The molecule has 4 nitrogen and oxygen atoms in total. The molecule has 1 fully saturated rings. The Morgan fingerprint density at radius 1 is 1.18 bits per heavy atom. The predicted octanol–water partition coefficient (Wildman–Crippen LogP) is 3.85. The van der Waals surface area contributed by atoms with Gasteiger partial charge in [-0.2, -0.15) is 0 Å². The number of hydrogen-bond donors (Lipinski definition) is 2. The van der Waals surface area contributed by atoms with Crippen molar-refractivity contribution in [2.45, 2.75) is 25.8 Å². The van der Waals surface area contributed by atoms with Crippen LogP contribution in [0.1, 0.15) is 37.7 Å². The smallest absolute Gasteiger partial charge is 0.265 e. The van der Waals surface area contributed by atoms with Gasteiger partial charge in [0.25, 0.3) is 11.8 Å². The van der Waals surface area contributed by atoms with Crippen LogP contribution in [0.3, 0.4) is 0 Å². The zero-order chi connectivity index (χ0) is 15.7. The van der Waals surface area contributed by atoms with Crippen molar-refractivity contribution >= 4 is 40.4 Å². The fourth-order valence-electron chi connectivity index (χ4n) is 2.02. The molecule has 2 amide bonds. The van der Waals surface area contributed by atoms with E-state index in [1.54, 1.807) is 24.3 Å². The van der Waals surface area contributed by atoms with Crippen molar-refractivity contribution in [1.29, 1.82) is 0 Å². The maximum absolute atomic E-state index is 12.1. The fourth-order valence-corrected chi connectivity index (χ4v) is 2.98. The number of nitrogens with one attached hydrogen (secondary N) is 2. The van der Waals surface area contributed by atoms with Crippen molar-refractivity contribution in [2.75, 3.05) is 5.32 Å². The summed E-state index contributed by atoms with van der Waals surface area (Å²) in [6.45, 7) is 1.95. The van der Waals surface area contributed by atoms with E-state index in [1.165, 1.54) is 11.3 Å². The lowest BCUT2D eigenvalue weighted by Gasteiger charge is -2.09. The van der Waals surface area contributed by atoms with Gasteiger partial charge in [0.2, 0.25) is 0 Å². The third-order valence-electron chi connectivity index (χ3n) is 3.35. The molecule has 0 radical (unpaired) electrons. The van der Waals surface area contributed by atoms with Crippen molar-refractivity contribution in [1.82, 2.24) is 5.32 Å². The number of carbonyl (C=O) groups excluding carboxylic acids is 2. The van der Waals surface area contributed by atoms with Crippen molar-refractivity contribution in [3.8, 4) is 0 Å². The highest BCUT2D eigenvalue weighted by atomic mass is 35.5. The number of anilines is 1. The first kappa shape index (κ1) is 15.1. The summed E-state index contributed by atoms with van der Waals surface area (Å²) in [6.07, 6.45) is 2.02. The summed E-state index contributed by atoms with van der Waals surface area (Å²) < 4.78 is 0. The maximum atomic E-state index is 12.1. The fraction of sp³-hybridized carbons (Fsp3) is 0.250. The van der Waals surface area contributed by atoms with E-state index < -0.39 is 0 Å². The highest BCUT2D eigenvalue weighted by Crippen LogP contribution is 2.24. The minimum absolute atomic E-state index is 0.186.